The van der Waals surface area contributed by atoms with E-state index in [1.165, 1.54) is 5.56 Å². The van der Waals surface area contributed by atoms with Gasteiger partial charge in [-0.05, 0) is 31.0 Å². The minimum absolute atomic E-state index is 0.553. The molecule has 1 nitrogen and oxygen atoms in total. The van der Waals surface area contributed by atoms with E-state index >= 15 is 0 Å². The third kappa shape index (κ3) is 3.60. The van der Waals surface area contributed by atoms with Gasteiger partial charge < -0.3 is 5.32 Å². The summed E-state index contributed by atoms with van der Waals surface area (Å²) in [4.78, 5) is 0. The van der Waals surface area contributed by atoms with Gasteiger partial charge in [-0.25, -0.2) is 0 Å². The monoisotopic (exact) mass is 275 g/mol. The highest BCUT2D eigenvalue weighted by molar-refractivity contribution is 9.10. The van der Waals surface area contributed by atoms with Crippen molar-refractivity contribution in [2.45, 2.75) is 32.9 Å². The van der Waals surface area contributed by atoms with E-state index < -0.39 is 0 Å². The molecule has 0 unspecified atom stereocenters. The van der Waals surface area contributed by atoms with Crippen LogP contribution >= 0.6 is 27.5 Å². The summed E-state index contributed by atoms with van der Waals surface area (Å²) in [6, 6.07) is 6.44. The first-order valence-electron chi connectivity index (χ1n) is 4.80. The summed E-state index contributed by atoms with van der Waals surface area (Å²) < 4.78 is 1.07. The summed E-state index contributed by atoms with van der Waals surface area (Å²) in [7, 11) is 0. The van der Waals surface area contributed by atoms with Gasteiger partial charge >= 0.3 is 0 Å². The van der Waals surface area contributed by atoms with Gasteiger partial charge in [0.1, 0.15) is 0 Å². The first kappa shape index (κ1) is 12.0. The standard InChI is InChI=1S/C11H15BrClN/c1-3-8(2)14-7-9-4-5-10(13)6-11(9)12/h4-6,8,14H,3,7H2,1-2H3/t8-/m0/s1. The topological polar surface area (TPSA) is 12.0 Å². The van der Waals surface area contributed by atoms with E-state index in [0.717, 1.165) is 22.5 Å². The Bertz CT molecular complexity index is 301. The van der Waals surface area contributed by atoms with E-state index in [-0.39, 0.29) is 0 Å². The van der Waals surface area contributed by atoms with Crippen LogP contribution in [0.3, 0.4) is 0 Å². The first-order chi connectivity index (χ1) is 6.63. The van der Waals surface area contributed by atoms with E-state index in [4.69, 9.17) is 11.6 Å². The molecule has 0 aliphatic heterocycles. The average Bonchev–Trinajstić information content (AvgIpc) is 2.16. The highest BCUT2D eigenvalue weighted by Gasteiger charge is 2.02. The summed E-state index contributed by atoms with van der Waals surface area (Å²) >= 11 is 9.35. The molecular formula is C11H15BrClN. The number of benzene rings is 1. The van der Waals surface area contributed by atoms with Crippen LogP contribution in [0.5, 0.6) is 0 Å². The molecule has 0 aliphatic carbocycles. The van der Waals surface area contributed by atoms with Gasteiger partial charge in [-0.1, -0.05) is 40.5 Å². The van der Waals surface area contributed by atoms with E-state index in [1.54, 1.807) is 0 Å². The maximum absolute atomic E-state index is 5.86. The Kier molecular flexibility index (Phi) is 4.93. The third-order valence-electron chi connectivity index (χ3n) is 2.27. The van der Waals surface area contributed by atoms with Crippen LogP contribution in [-0.4, -0.2) is 6.04 Å². The van der Waals surface area contributed by atoms with Gasteiger partial charge in [0.25, 0.3) is 0 Å². The molecule has 1 N–H and O–H groups in total. The zero-order chi connectivity index (χ0) is 10.6. The molecule has 1 atom stereocenters. The highest BCUT2D eigenvalue weighted by Crippen LogP contribution is 2.21. The van der Waals surface area contributed by atoms with E-state index in [9.17, 15) is 0 Å². The highest BCUT2D eigenvalue weighted by atomic mass is 79.9. The summed E-state index contributed by atoms with van der Waals surface area (Å²) in [6.07, 6.45) is 1.14. The van der Waals surface area contributed by atoms with Crippen molar-refractivity contribution in [3.05, 3.63) is 33.3 Å². The molecule has 14 heavy (non-hydrogen) atoms. The quantitative estimate of drug-likeness (QED) is 0.877. The van der Waals surface area contributed by atoms with Crippen molar-refractivity contribution in [3.8, 4) is 0 Å². The molecule has 0 saturated heterocycles. The Labute approximate surface area is 99.0 Å². The maximum Gasteiger partial charge on any atom is 0.0417 e. The van der Waals surface area contributed by atoms with Crippen LogP contribution in [0, 0.1) is 0 Å². The number of hydrogen-bond acceptors (Lipinski definition) is 1. The SMILES string of the molecule is CC[C@H](C)NCc1ccc(Cl)cc1Br. The van der Waals surface area contributed by atoms with Gasteiger partial charge in [0.15, 0.2) is 0 Å². The molecule has 1 aromatic carbocycles. The van der Waals surface area contributed by atoms with Crippen molar-refractivity contribution in [3.63, 3.8) is 0 Å². The predicted molar refractivity (Wildman–Crippen MR) is 65.7 cm³/mol. The van der Waals surface area contributed by atoms with Crippen molar-refractivity contribution in [2.24, 2.45) is 0 Å². The number of nitrogens with one attached hydrogen (secondary N) is 1. The molecule has 1 aromatic rings. The van der Waals surface area contributed by atoms with Crippen molar-refractivity contribution in [2.75, 3.05) is 0 Å². The van der Waals surface area contributed by atoms with E-state index in [0.29, 0.717) is 6.04 Å². The molecule has 1 rings (SSSR count). The van der Waals surface area contributed by atoms with Crippen LogP contribution in [0.15, 0.2) is 22.7 Å². The van der Waals surface area contributed by atoms with Crippen molar-refractivity contribution in [1.29, 1.82) is 0 Å². The van der Waals surface area contributed by atoms with Crippen LogP contribution < -0.4 is 5.32 Å². The Hall–Kier alpha value is -0.0500. The zero-order valence-corrected chi connectivity index (χ0v) is 10.8. The smallest absolute Gasteiger partial charge is 0.0417 e. The van der Waals surface area contributed by atoms with Gasteiger partial charge in [-0.3, -0.25) is 0 Å². The van der Waals surface area contributed by atoms with Gasteiger partial charge in [0, 0.05) is 22.1 Å². The number of halogens is 2. The Balaban J connectivity index is 2.59. The normalized spacial score (nSPS) is 12.9. The number of hydrogen-bond donors (Lipinski definition) is 1. The van der Waals surface area contributed by atoms with Crippen LogP contribution in [-0.2, 0) is 6.54 Å². The molecule has 3 heteroatoms. The molecule has 78 valence electrons. The average molecular weight is 277 g/mol. The fourth-order valence-electron chi connectivity index (χ4n) is 1.09. The van der Waals surface area contributed by atoms with Crippen LogP contribution in [0.25, 0.3) is 0 Å². The second-order valence-electron chi connectivity index (χ2n) is 3.43. The largest absolute Gasteiger partial charge is 0.310 e. The molecule has 0 aliphatic rings. The maximum atomic E-state index is 5.86. The Morgan fingerprint density at radius 3 is 2.79 bits per heavy atom. The molecule has 0 heterocycles. The van der Waals surface area contributed by atoms with Crippen LogP contribution in [0.1, 0.15) is 25.8 Å². The van der Waals surface area contributed by atoms with E-state index in [2.05, 4.69) is 35.1 Å². The van der Waals surface area contributed by atoms with E-state index in [1.807, 2.05) is 18.2 Å². The molecular weight excluding hydrogens is 261 g/mol. The van der Waals surface area contributed by atoms with Crippen molar-refractivity contribution >= 4 is 27.5 Å². The second kappa shape index (κ2) is 5.74. The van der Waals surface area contributed by atoms with Crippen LogP contribution in [0.4, 0.5) is 0 Å². The lowest BCUT2D eigenvalue weighted by atomic mass is 10.2. The molecule has 0 fully saturated rings. The first-order valence-corrected chi connectivity index (χ1v) is 5.98. The summed E-state index contributed by atoms with van der Waals surface area (Å²) in [5, 5.41) is 4.20. The molecule has 0 bridgehead atoms. The van der Waals surface area contributed by atoms with Crippen molar-refractivity contribution < 1.29 is 0 Å². The second-order valence-corrected chi connectivity index (χ2v) is 4.72. The van der Waals surface area contributed by atoms with Crippen LogP contribution in [0.2, 0.25) is 5.02 Å². The molecule has 0 radical (unpaired) electrons. The number of rotatable bonds is 4. The zero-order valence-electron chi connectivity index (χ0n) is 8.48. The Morgan fingerprint density at radius 2 is 2.21 bits per heavy atom. The summed E-state index contributed by atoms with van der Waals surface area (Å²) in [6.45, 7) is 5.24. The minimum atomic E-state index is 0.553. The lowest BCUT2D eigenvalue weighted by Gasteiger charge is -2.12. The van der Waals surface area contributed by atoms with Gasteiger partial charge in [-0.2, -0.15) is 0 Å². The molecule has 0 amide bonds. The predicted octanol–water partition coefficient (Wildman–Crippen LogP) is 3.99. The minimum Gasteiger partial charge on any atom is -0.310 e. The molecule has 0 spiro atoms. The van der Waals surface area contributed by atoms with Gasteiger partial charge in [0.05, 0.1) is 0 Å². The van der Waals surface area contributed by atoms with Gasteiger partial charge in [-0.15, -0.1) is 0 Å². The third-order valence-corrected chi connectivity index (χ3v) is 3.24. The summed E-state index contributed by atoms with van der Waals surface area (Å²) in [5.74, 6) is 0. The summed E-state index contributed by atoms with van der Waals surface area (Å²) in [5.41, 5.74) is 1.25. The fourth-order valence-corrected chi connectivity index (χ4v) is 1.92. The lowest BCUT2D eigenvalue weighted by molar-refractivity contribution is 0.533. The Morgan fingerprint density at radius 1 is 1.50 bits per heavy atom. The lowest BCUT2D eigenvalue weighted by Crippen LogP contribution is -2.24. The van der Waals surface area contributed by atoms with Gasteiger partial charge in [0.2, 0.25) is 0 Å². The molecule has 0 aromatic heterocycles. The van der Waals surface area contributed by atoms with Crippen molar-refractivity contribution in [1.82, 2.24) is 5.32 Å². The molecule has 0 saturated carbocycles. The fraction of sp³-hybridized carbons (Fsp3) is 0.455.